The molecule has 8 nitrogen and oxygen atoms in total. The molecule has 6 unspecified atom stereocenters. The van der Waals surface area contributed by atoms with Crippen molar-refractivity contribution in [2.24, 2.45) is 34.5 Å². The molecule has 1 aromatic rings. The highest BCUT2D eigenvalue weighted by Gasteiger charge is 2.86. The molecule has 12 atom stereocenters. The first-order valence-electron chi connectivity index (χ1n) is 18.3. The largest absolute Gasteiger partial charge is 0.455 e. The number of methoxy groups -OCH3 is 3. The van der Waals surface area contributed by atoms with Crippen molar-refractivity contribution in [3.63, 3.8) is 0 Å². The van der Waals surface area contributed by atoms with E-state index in [0.29, 0.717) is 17.9 Å². The molecule has 4 saturated carbocycles. The Morgan fingerprint density at radius 2 is 1.73 bits per heavy atom. The molecule has 1 heterocycles. The van der Waals surface area contributed by atoms with E-state index >= 15 is 0 Å². The summed E-state index contributed by atoms with van der Waals surface area (Å²) < 4.78 is 36.8. The summed E-state index contributed by atoms with van der Waals surface area (Å²) in [6, 6.07) is 9.25. The maximum absolute atomic E-state index is 14.2. The van der Waals surface area contributed by atoms with Gasteiger partial charge in [-0.1, -0.05) is 52.8 Å². The Kier molecular flexibility index (Phi) is 8.14. The fourth-order valence-electron chi connectivity index (χ4n) is 11.9. The highest BCUT2D eigenvalue weighted by molar-refractivity contribution is 6.74. The number of carbonyl (C=O) groups is 1. The summed E-state index contributed by atoms with van der Waals surface area (Å²) in [4.78, 5) is 14.2. The maximum atomic E-state index is 14.2. The van der Waals surface area contributed by atoms with E-state index in [-0.39, 0.29) is 46.4 Å². The minimum atomic E-state index is -2.52. The average Bonchev–Trinajstić information content (AvgIpc) is 3.40. The Morgan fingerprint density at radius 3 is 2.29 bits per heavy atom. The van der Waals surface area contributed by atoms with Gasteiger partial charge < -0.3 is 28.5 Å². The molecule has 1 N–H and O–H groups in total. The predicted molar refractivity (Wildman–Crippen MR) is 187 cm³/mol. The third-order valence-corrected chi connectivity index (χ3v) is 19.3. The van der Waals surface area contributed by atoms with Gasteiger partial charge in [-0.05, 0) is 73.9 Å². The smallest absolute Gasteiger partial charge is 0.338 e. The molecular weight excluding hydrogens is 623 g/mol. The third-order valence-electron chi connectivity index (χ3n) is 14.7. The van der Waals surface area contributed by atoms with E-state index in [1.807, 2.05) is 44.6 Å². The molecular formula is C39H58NO7Si+. The highest BCUT2D eigenvalue weighted by Crippen LogP contribution is 2.77. The van der Waals surface area contributed by atoms with Gasteiger partial charge in [-0.15, -0.1) is 0 Å². The number of fused-ring (bicyclic) bond motifs is 1. The Morgan fingerprint density at radius 1 is 1.04 bits per heavy atom. The number of nitrogens with zero attached hydrogens (tertiary/aromatic N) is 1. The molecule has 6 aliphatic rings. The monoisotopic (exact) mass is 680 g/mol. The lowest BCUT2D eigenvalue weighted by molar-refractivity contribution is -0.562. The lowest BCUT2D eigenvalue weighted by Gasteiger charge is -2.61. The van der Waals surface area contributed by atoms with Gasteiger partial charge in [0.05, 0.1) is 28.8 Å². The highest BCUT2D eigenvalue weighted by atomic mass is 28.4. The summed E-state index contributed by atoms with van der Waals surface area (Å²) in [7, 11) is 2.87. The number of carbonyl (C=O) groups excluding carboxylic acids is 1. The van der Waals surface area contributed by atoms with Crippen molar-refractivity contribution >= 4 is 20.0 Å². The zero-order chi connectivity index (χ0) is 34.8. The van der Waals surface area contributed by atoms with Gasteiger partial charge in [-0.25, -0.2) is 9.37 Å². The number of ether oxygens (including phenoxy) is 4. The van der Waals surface area contributed by atoms with E-state index in [2.05, 4.69) is 59.2 Å². The molecule has 0 radical (unpaired) electrons. The summed E-state index contributed by atoms with van der Waals surface area (Å²) in [5, 5.41) is 12.6. The van der Waals surface area contributed by atoms with Crippen LogP contribution in [0.5, 0.6) is 0 Å². The SMILES string of the molecule is CC[N+]1=C2C3=C4C5[C@@H](OC(=O)c6ccccc6)[C@](O[Si](C)(C)C(C)(C)C)(C[C@@H]5C25C(OC)C[C@@H](C)C(CC)(C1)C5C3OC)[C@@H](OC)[C@@H]4O. The van der Waals surface area contributed by atoms with Crippen LogP contribution in [-0.2, 0) is 23.4 Å². The average molecular weight is 681 g/mol. The number of hydrogen-bond acceptors (Lipinski definition) is 7. The topological polar surface area (TPSA) is 86.5 Å². The van der Waals surface area contributed by atoms with Crippen LogP contribution >= 0.6 is 0 Å². The van der Waals surface area contributed by atoms with Crippen molar-refractivity contribution < 1.29 is 37.9 Å². The van der Waals surface area contributed by atoms with E-state index in [1.54, 1.807) is 7.11 Å². The summed E-state index contributed by atoms with van der Waals surface area (Å²) in [6.45, 7) is 20.1. The fourth-order valence-corrected chi connectivity index (χ4v) is 13.5. The summed E-state index contributed by atoms with van der Waals surface area (Å²) in [6.07, 6.45) is -0.00194. The quantitative estimate of drug-likeness (QED) is 0.198. The van der Waals surface area contributed by atoms with Crippen LogP contribution in [0.25, 0.3) is 0 Å². The van der Waals surface area contributed by atoms with Crippen LogP contribution in [0.1, 0.15) is 71.2 Å². The van der Waals surface area contributed by atoms with Crippen LogP contribution in [0.4, 0.5) is 0 Å². The van der Waals surface area contributed by atoms with Crippen LogP contribution in [0.3, 0.4) is 0 Å². The van der Waals surface area contributed by atoms with Crippen LogP contribution in [0, 0.1) is 34.5 Å². The zero-order valence-electron chi connectivity index (χ0n) is 31.0. The van der Waals surface area contributed by atoms with Gasteiger partial charge in [0.2, 0.25) is 0 Å². The van der Waals surface area contributed by atoms with E-state index in [1.165, 1.54) is 5.71 Å². The normalized spacial score (nSPS) is 42.8. The van der Waals surface area contributed by atoms with Gasteiger partial charge in [-0.3, -0.25) is 0 Å². The van der Waals surface area contributed by atoms with Gasteiger partial charge >= 0.3 is 5.97 Å². The number of benzene rings is 1. The third kappa shape index (κ3) is 4.06. The van der Waals surface area contributed by atoms with Crippen molar-refractivity contribution in [1.82, 2.24) is 0 Å². The minimum absolute atomic E-state index is 0.0104. The molecule has 1 aliphatic heterocycles. The molecule has 48 heavy (non-hydrogen) atoms. The maximum Gasteiger partial charge on any atom is 0.338 e. The fraction of sp³-hybridized carbons (Fsp3) is 0.744. The molecule has 0 saturated heterocycles. The van der Waals surface area contributed by atoms with Gasteiger partial charge in [0, 0.05) is 38.6 Å². The molecule has 4 fully saturated rings. The van der Waals surface area contributed by atoms with Crippen molar-refractivity contribution in [2.75, 3.05) is 34.4 Å². The Balaban J connectivity index is 1.55. The molecule has 264 valence electrons. The number of aliphatic hydroxyl groups is 1. The Hall–Kier alpha value is -1.88. The predicted octanol–water partition coefficient (Wildman–Crippen LogP) is 5.88. The second-order valence-corrected chi connectivity index (χ2v) is 21.9. The van der Waals surface area contributed by atoms with Crippen LogP contribution in [-0.4, -0.2) is 100 Å². The lowest BCUT2D eigenvalue weighted by Crippen LogP contribution is -2.70. The lowest BCUT2D eigenvalue weighted by atomic mass is 9.43. The van der Waals surface area contributed by atoms with E-state index in [9.17, 15) is 9.90 Å². The van der Waals surface area contributed by atoms with E-state index in [0.717, 1.165) is 37.1 Å². The van der Waals surface area contributed by atoms with E-state index in [4.69, 9.17) is 23.4 Å². The van der Waals surface area contributed by atoms with Crippen molar-refractivity contribution in [3.05, 3.63) is 47.0 Å². The first-order chi connectivity index (χ1) is 22.7. The van der Waals surface area contributed by atoms with Crippen LogP contribution < -0.4 is 0 Å². The number of rotatable bonds is 9. The van der Waals surface area contributed by atoms with E-state index < -0.39 is 37.6 Å². The summed E-state index contributed by atoms with van der Waals surface area (Å²) >= 11 is 0. The molecule has 1 aromatic carbocycles. The van der Waals surface area contributed by atoms with Crippen molar-refractivity contribution in [3.8, 4) is 0 Å². The van der Waals surface area contributed by atoms with Crippen molar-refractivity contribution in [1.29, 1.82) is 0 Å². The Bertz CT molecular complexity index is 1530. The molecule has 1 spiro atoms. The number of hydrogen-bond donors (Lipinski definition) is 1. The first-order valence-corrected chi connectivity index (χ1v) is 21.2. The van der Waals surface area contributed by atoms with Gasteiger partial charge in [0.15, 0.2) is 14.0 Å². The summed E-state index contributed by atoms with van der Waals surface area (Å²) in [5.41, 5.74) is 2.39. The molecule has 0 amide bonds. The molecule has 7 bridgehead atoms. The molecule has 0 aromatic heterocycles. The van der Waals surface area contributed by atoms with Gasteiger partial charge in [0.1, 0.15) is 37.0 Å². The minimum Gasteiger partial charge on any atom is -0.455 e. The van der Waals surface area contributed by atoms with Gasteiger partial charge in [0.25, 0.3) is 0 Å². The zero-order valence-corrected chi connectivity index (χ0v) is 32.0. The molecule has 7 rings (SSSR count). The van der Waals surface area contributed by atoms with Crippen LogP contribution in [0.2, 0.25) is 18.1 Å². The molecule has 9 heteroatoms. The van der Waals surface area contributed by atoms with Crippen molar-refractivity contribution in [2.45, 2.75) is 115 Å². The first kappa shape index (κ1) is 34.6. The second kappa shape index (κ2) is 11.3. The second-order valence-electron chi connectivity index (χ2n) is 17.2. The number of aliphatic hydroxyl groups excluding tert-OH is 1. The van der Waals surface area contributed by atoms with Crippen LogP contribution in [0.15, 0.2) is 41.5 Å². The molecule has 5 aliphatic carbocycles. The standard InChI is InChI=1S/C39H58NO7Si/c1-12-37-21-40(13-2)32-28-27-26-24(39(32,31(37)30(28)44-8)25(43-7)19-22(37)3)20-38(34(45-9)29(27)41,47-48(10,11)36(4,5)6)33(26)46-35(42)23-17-15-14-16-18-23/h14-18,22,24-26,29-31,33-34,41H,12-13,19-21H2,1-11H3/q+1/t22-,24+,25?,26?,29-,30?,31?,33-,34+,37?,38-,39?/m1/s1. The Labute approximate surface area is 288 Å². The van der Waals surface area contributed by atoms with Gasteiger partial charge in [-0.2, -0.15) is 0 Å². The number of esters is 1. The summed E-state index contributed by atoms with van der Waals surface area (Å²) in [5.74, 6) is -0.0683.